The molecular weight excluding hydrogens is 291 g/mol. The molecule has 0 unspecified atom stereocenters. The lowest BCUT2D eigenvalue weighted by molar-refractivity contribution is -0.136. The SMILES string of the molecule is Cc1c(Cl)cc(NC(=O)C(=O)NCCCO)cc1Cl. The Morgan fingerprint density at radius 1 is 1.21 bits per heavy atom. The van der Waals surface area contributed by atoms with Gasteiger partial charge in [0.15, 0.2) is 0 Å². The minimum Gasteiger partial charge on any atom is -0.396 e. The maximum atomic E-state index is 11.5. The van der Waals surface area contributed by atoms with Crippen molar-refractivity contribution in [3.63, 3.8) is 0 Å². The third kappa shape index (κ3) is 4.70. The van der Waals surface area contributed by atoms with Gasteiger partial charge in [0.05, 0.1) is 0 Å². The molecule has 0 spiro atoms. The van der Waals surface area contributed by atoms with Gasteiger partial charge in [0, 0.05) is 28.9 Å². The Balaban J connectivity index is 2.64. The first-order valence-electron chi connectivity index (χ1n) is 5.61. The van der Waals surface area contributed by atoms with Crippen LogP contribution in [0.4, 0.5) is 5.69 Å². The minimum atomic E-state index is -0.811. The van der Waals surface area contributed by atoms with Crippen LogP contribution in [-0.2, 0) is 9.59 Å². The summed E-state index contributed by atoms with van der Waals surface area (Å²) in [4.78, 5) is 22.9. The lowest BCUT2D eigenvalue weighted by Crippen LogP contribution is -2.36. The largest absolute Gasteiger partial charge is 0.396 e. The van der Waals surface area contributed by atoms with Crippen LogP contribution < -0.4 is 10.6 Å². The van der Waals surface area contributed by atoms with Crippen LogP contribution in [0.25, 0.3) is 0 Å². The van der Waals surface area contributed by atoms with Gasteiger partial charge in [-0.2, -0.15) is 0 Å². The average molecular weight is 305 g/mol. The average Bonchev–Trinajstić information content (AvgIpc) is 2.36. The fourth-order valence-electron chi connectivity index (χ4n) is 1.27. The topological polar surface area (TPSA) is 78.4 Å². The lowest BCUT2D eigenvalue weighted by Gasteiger charge is -2.08. The Morgan fingerprint density at radius 2 is 1.79 bits per heavy atom. The molecule has 0 fully saturated rings. The van der Waals surface area contributed by atoms with Crippen molar-refractivity contribution in [3.05, 3.63) is 27.7 Å². The fourth-order valence-corrected chi connectivity index (χ4v) is 1.75. The molecule has 1 aromatic carbocycles. The Bertz CT molecular complexity index is 469. The summed E-state index contributed by atoms with van der Waals surface area (Å²) >= 11 is 11.8. The maximum Gasteiger partial charge on any atom is 0.313 e. The van der Waals surface area contributed by atoms with Gasteiger partial charge in [-0.3, -0.25) is 9.59 Å². The van der Waals surface area contributed by atoms with E-state index in [4.69, 9.17) is 28.3 Å². The fraction of sp³-hybridized carbons (Fsp3) is 0.333. The van der Waals surface area contributed by atoms with Gasteiger partial charge < -0.3 is 15.7 Å². The highest BCUT2D eigenvalue weighted by atomic mass is 35.5. The van der Waals surface area contributed by atoms with Gasteiger partial charge in [-0.1, -0.05) is 23.2 Å². The van der Waals surface area contributed by atoms with Crippen LogP contribution >= 0.6 is 23.2 Å². The number of hydrogen-bond acceptors (Lipinski definition) is 3. The van der Waals surface area contributed by atoms with Gasteiger partial charge in [-0.05, 0) is 31.0 Å². The number of amides is 2. The molecule has 0 saturated carbocycles. The molecule has 5 nitrogen and oxygen atoms in total. The number of anilines is 1. The summed E-state index contributed by atoms with van der Waals surface area (Å²) in [5, 5.41) is 14.1. The molecule has 0 atom stereocenters. The number of hydrogen-bond donors (Lipinski definition) is 3. The van der Waals surface area contributed by atoms with Crippen LogP contribution in [0.15, 0.2) is 12.1 Å². The molecule has 104 valence electrons. The number of aliphatic hydroxyl groups is 1. The van der Waals surface area contributed by atoms with Crippen molar-refractivity contribution in [1.82, 2.24) is 5.32 Å². The van der Waals surface area contributed by atoms with E-state index in [0.29, 0.717) is 27.7 Å². The van der Waals surface area contributed by atoms with Gasteiger partial charge >= 0.3 is 11.8 Å². The van der Waals surface area contributed by atoms with Crippen molar-refractivity contribution in [2.45, 2.75) is 13.3 Å². The highest BCUT2D eigenvalue weighted by Gasteiger charge is 2.14. The number of carbonyl (C=O) groups excluding carboxylic acids is 2. The van der Waals surface area contributed by atoms with Gasteiger partial charge in [0.2, 0.25) is 0 Å². The van der Waals surface area contributed by atoms with Crippen molar-refractivity contribution < 1.29 is 14.7 Å². The molecule has 0 aliphatic heterocycles. The standard InChI is InChI=1S/C12H14Cl2N2O3/c1-7-9(13)5-8(6-10(7)14)16-12(19)11(18)15-3-2-4-17/h5-6,17H,2-4H2,1H3,(H,15,18)(H,16,19). The molecule has 2 amide bonds. The molecule has 0 bridgehead atoms. The lowest BCUT2D eigenvalue weighted by atomic mass is 10.2. The van der Waals surface area contributed by atoms with Crippen LogP contribution in [0.5, 0.6) is 0 Å². The van der Waals surface area contributed by atoms with E-state index in [9.17, 15) is 9.59 Å². The molecule has 0 radical (unpaired) electrons. The Labute approximate surface area is 120 Å². The summed E-state index contributed by atoms with van der Waals surface area (Å²) in [6.45, 7) is 1.93. The second kappa shape index (κ2) is 7.33. The van der Waals surface area contributed by atoms with E-state index in [0.717, 1.165) is 0 Å². The van der Waals surface area contributed by atoms with Crippen LogP contribution in [-0.4, -0.2) is 30.1 Å². The quantitative estimate of drug-likeness (QED) is 0.585. The van der Waals surface area contributed by atoms with Gasteiger partial charge in [0.25, 0.3) is 0 Å². The third-order valence-corrected chi connectivity index (χ3v) is 3.15. The first-order valence-corrected chi connectivity index (χ1v) is 6.37. The van der Waals surface area contributed by atoms with Crippen molar-refractivity contribution in [3.8, 4) is 0 Å². The van der Waals surface area contributed by atoms with Crippen LogP contribution in [0.3, 0.4) is 0 Å². The van der Waals surface area contributed by atoms with Gasteiger partial charge in [0.1, 0.15) is 0 Å². The monoisotopic (exact) mass is 304 g/mol. The van der Waals surface area contributed by atoms with Crippen molar-refractivity contribution >= 4 is 40.7 Å². The summed E-state index contributed by atoms with van der Waals surface area (Å²) in [5.74, 6) is -1.59. The van der Waals surface area contributed by atoms with E-state index in [1.807, 2.05) is 0 Å². The van der Waals surface area contributed by atoms with Crippen LogP contribution in [0.2, 0.25) is 10.0 Å². The summed E-state index contributed by atoms with van der Waals surface area (Å²) < 4.78 is 0. The molecular formula is C12H14Cl2N2O3. The Hall–Kier alpha value is -1.30. The number of halogens is 2. The zero-order chi connectivity index (χ0) is 14.4. The number of nitrogens with one attached hydrogen (secondary N) is 2. The van der Waals surface area contributed by atoms with E-state index < -0.39 is 11.8 Å². The molecule has 1 aromatic rings. The number of carbonyl (C=O) groups is 2. The van der Waals surface area contributed by atoms with E-state index >= 15 is 0 Å². The summed E-state index contributed by atoms with van der Waals surface area (Å²) in [6.07, 6.45) is 0.390. The van der Waals surface area contributed by atoms with E-state index in [-0.39, 0.29) is 13.2 Å². The van der Waals surface area contributed by atoms with Crippen molar-refractivity contribution in [1.29, 1.82) is 0 Å². The summed E-state index contributed by atoms with van der Waals surface area (Å²) in [5.41, 5.74) is 1.05. The highest BCUT2D eigenvalue weighted by molar-refractivity contribution is 6.40. The van der Waals surface area contributed by atoms with E-state index in [1.165, 1.54) is 12.1 Å². The smallest absolute Gasteiger partial charge is 0.313 e. The number of benzene rings is 1. The second-order valence-corrected chi connectivity index (χ2v) is 4.67. The minimum absolute atomic E-state index is 0.0505. The first-order chi connectivity index (χ1) is 8.95. The zero-order valence-corrected chi connectivity index (χ0v) is 11.8. The Morgan fingerprint density at radius 3 is 2.32 bits per heavy atom. The van der Waals surface area contributed by atoms with Gasteiger partial charge in [-0.15, -0.1) is 0 Å². The predicted octanol–water partition coefficient (Wildman–Crippen LogP) is 1.74. The van der Waals surface area contributed by atoms with Crippen LogP contribution in [0, 0.1) is 6.92 Å². The maximum absolute atomic E-state index is 11.5. The van der Waals surface area contributed by atoms with Crippen molar-refractivity contribution in [2.24, 2.45) is 0 Å². The first kappa shape index (κ1) is 15.8. The normalized spacial score (nSPS) is 10.1. The second-order valence-electron chi connectivity index (χ2n) is 3.85. The molecule has 0 aliphatic carbocycles. The molecule has 0 aromatic heterocycles. The molecule has 19 heavy (non-hydrogen) atoms. The highest BCUT2D eigenvalue weighted by Crippen LogP contribution is 2.27. The van der Waals surface area contributed by atoms with Gasteiger partial charge in [-0.25, -0.2) is 0 Å². The van der Waals surface area contributed by atoms with Crippen molar-refractivity contribution in [2.75, 3.05) is 18.5 Å². The van der Waals surface area contributed by atoms with Crippen LogP contribution in [0.1, 0.15) is 12.0 Å². The predicted molar refractivity (Wildman–Crippen MR) is 74.5 cm³/mol. The zero-order valence-electron chi connectivity index (χ0n) is 10.3. The number of aliphatic hydroxyl groups excluding tert-OH is 1. The summed E-state index contributed by atoms with van der Waals surface area (Å²) in [6, 6.07) is 3.03. The molecule has 0 heterocycles. The molecule has 7 heteroatoms. The summed E-state index contributed by atoms with van der Waals surface area (Å²) in [7, 11) is 0. The number of rotatable bonds is 4. The molecule has 1 rings (SSSR count). The third-order valence-electron chi connectivity index (χ3n) is 2.37. The molecule has 0 aliphatic rings. The van der Waals surface area contributed by atoms with E-state index in [2.05, 4.69) is 10.6 Å². The molecule has 3 N–H and O–H groups in total. The Kier molecular flexibility index (Phi) is 6.08. The molecule has 0 saturated heterocycles. The van der Waals surface area contributed by atoms with E-state index in [1.54, 1.807) is 6.92 Å².